The normalized spacial score (nSPS) is 13.6. The van der Waals surface area contributed by atoms with Gasteiger partial charge in [0.15, 0.2) is 0 Å². The highest BCUT2D eigenvalue weighted by Gasteiger charge is 2.26. The molecule has 4 rings (SSSR count). The lowest BCUT2D eigenvalue weighted by Crippen LogP contribution is -2.32. The van der Waals surface area contributed by atoms with Crippen LogP contribution in [0.3, 0.4) is 0 Å². The standard InChI is InChI=1S/C25H25N3O2S/c1-3-28-21-15-19(27-25(30)26-16-17(2)18-9-5-4-6-10-18)13-14-23(21)31-22-12-8-7-11-20(22)24(28)29/h4-15,17H,3,16H2,1-2H3,(H2,26,27,30)/t17-/m0/s1. The van der Waals surface area contributed by atoms with Gasteiger partial charge in [-0.25, -0.2) is 4.79 Å². The number of hydrogen-bond donors (Lipinski definition) is 2. The van der Waals surface area contributed by atoms with Crippen LogP contribution >= 0.6 is 11.8 Å². The number of urea groups is 1. The lowest BCUT2D eigenvalue weighted by molar-refractivity contribution is 0.0985. The highest BCUT2D eigenvalue weighted by atomic mass is 32.2. The van der Waals surface area contributed by atoms with Gasteiger partial charge in [0.1, 0.15) is 0 Å². The summed E-state index contributed by atoms with van der Waals surface area (Å²) in [5.74, 6) is 0.185. The van der Waals surface area contributed by atoms with Crippen molar-refractivity contribution in [2.24, 2.45) is 0 Å². The molecule has 0 fully saturated rings. The fourth-order valence-electron chi connectivity index (χ4n) is 3.63. The number of nitrogens with one attached hydrogen (secondary N) is 2. The fourth-order valence-corrected chi connectivity index (χ4v) is 4.69. The molecule has 1 aliphatic heterocycles. The van der Waals surface area contributed by atoms with Crippen LogP contribution in [-0.4, -0.2) is 25.0 Å². The monoisotopic (exact) mass is 431 g/mol. The molecule has 0 unspecified atom stereocenters. The summed E-state index contributed by atoms with van der Waals surface area (Å²) in [7, 11) is 0. The van der Waals surface area contributed by atoms with E-state index in [1.807, 2.05) is 67.6 Å². The molecule has 0 saturated heterocycles. The van der Waals surface area contributed by atoms with Crippen molar-refractivity contribution in [1.82, 2.24) is 5.32 Å². The van der Waals surface area contributed by atoms with E-state index in [1.165, 1.54) is 5.56 Å². The molecule has 1 heterocycles. The van der Waals surface area contributed by atoms with Crippen molar-refractivity contribution in [2.45, 2.75) is 29.6 Å². The van der Waals surface area contributed by atoms with E-state index in [-0.39, 0.29) is 17.9 Å². The zero-order valence-electron chi connectivity index (χ0n) is 17.6. The van der Waals surface area contributed by atoms with Crippen LogP contribution in [0.5, 0.6) is 0 Å². The molecule has 5 nitrogen and oxygen atoms in total. The van der Waals surface area contributed by atoms with Gasteiger partial charge < -0.3 is 15.5 Å². The van der Waals surface area contributed by atoms with Crippen LogP contribution in [0.25, 0.3) is 0 Å². The fraction of sp³-hybridized carbons (Fsp3) is 0.200. The van der Waals surface area contributed by atoms with Gasteiger partial charge in [-0.1, -0.05) is 61.2 Å². The van der Waals surface area contributed by atoms with Crippen molar-refractivity contribution in [3.63, 3.8) is 0 Å². The van der Waals surface area contributed by atoms with Crippen LogP contribution in [-0.2, 0) is 0 Å². The van der Waals surface area contributed by atoms with Gasteiger partial charge in [0, 0.05) is 28.6 Å². The van der Waals surface area contributed by atoms with E-state index in [1.54, 1.807) is 16.7 Å². The van der Waals surface area contributed by atoms with Gasteiger partial charge in [-0.3, -0.25) is 4.79 Å². The Morgan fingerprint density at radius 1 is 1.00 bits per heavy atom. The van der Waals surface area contributed by atoms with E-state index in [9.17, 15) is 9.59 Å². The number of carbonyl (C=O) groups excluding carboxylic acids is 2. The van der Waals surface area contributed by atoms with Crippen LogP contribution in [0.2, 0.25) is 0 Å². The number of amides is 3. The average Bonchev–Trinajstić information content (AvgIpc) is 2.91. The van der Waals surface area contributed by atoms with Gasteiger partial charge >= 0.3 is 6.03 Å². The summed E-state index contributed by atoms with van der Waals surface area (Å²) < 4.78 is 0. The van der Waals surface area contributed by atoms with E-state index in [4.69, 9.17) is 0 Å². The SMILES string of the molecule is CCN1C(=O)c2ccccc2Sc2ccc(NC(=O)NC[C@H](C)c3ccccc3)cc21. The second-order valence-corrected chi connectivity index (χ2v) is 8.56. The molecule has 1 atom stereocenters. The van der Waals surface area contributed by atoms with Crippen LogP contribution in [0, 0.1) is 0 Å². The van der Waals surface area contributed by atoms with Gasteiger partial charge in [-0.05, 0) is 48.7 Å². The molecule has 0 aromatic heterocycles. The molecule has 158 valence electrons. The Morgan fingerprint density at radius 3 is 2.52 bits per heavy atom. The first-order valence-corrected chi connectivity index (χ1v) is 11.2. The van der Waals surface area contributed by atoms with E-state index < -0.39 is 0 Å². The molecule has 6 heteroatoms. The summed E-state index contributed by atoms with van der Waals surface area (Å²) in [5.41, 5.74) is 3.35. The molecule has 31 heavy (non-hydrogen) atoms. The topological polar surface area (TPSA) is 61.4 Å². The number of benzene rings is 3. The smallest absolute Gasteiger partial charge is 0.319 e. The predicted molar refractivity (Wildman–Crippen MR) is 126 cm³/mol. The minimum Gasteiger partial charge on any atom is -0.337 e. The second kappa shape index (κ2) is 9.27. The van der Waals surface area contributed by atoms with Gasteiger partial charge in [-0.15, -0.1) is 0 Å². The van der Waals surface area contributed by atoms with Crippen LogP contribution < -0.4 is 15.5 Å². The first-order chi connectivity index (χ1) is 15.1. The molecule has 0 saturated carbocycles. The molecule has 0 radical (unpaired) electrons. The summed E-state index contributed by atoms with van der Waals surface area (Å²) in [5, 5.41) is 5.84. The number of hydrogen-bond acceptors (Lipinski definition) is 3. The molecule has 3 amide bonds. The second-order valence-electron chi connectivity index (χ2n) is 7.48. The Hall–Kier alpha value is -3.25. The number of rotatable bonds is 5. The maximum atomic E-state index is 13.1. The third-order valence-electron chi connectivity index (χ3n) is 5.34. The van der Waals surface area contributed by atoms with Crippen LogP contribution in [0.1, 0.15) is 35.7 Å². The number of carbonyl (C=O) groups is 2. The van der Waals surface area contributed by atoms with Crippen molar-refractivity contribution in [3.05, 3.63) is 83.9 Å². The van der Waals surface area contributed by atoms with E-state index in [0.717, 1.165) is 15.5 Å². The Morgan fingerprint density at radius 2 is 1.74 bits per heavy atom. The molecular weight excluding hydrogens is 406 g/mol. The minimum atomic E-state index is -0.262. The lowest BCUT2D eigenvalue weighted by Gasteiger charge is -2.22. The van der Waals surface area contributed by atoms with Gasteiger partial charge in [-0.2, -0.15) is 0 Å². The summed E-state index contributed by atoms with van der Waals surface area (Å²) in [4.78, 5) is 29.3. The molecule has 1 aliphatic rings. The van der Waals surface area contributed by atoms with Gasteiger partial charge in [0.25, 0.3) is 5.91 Å². The summed E-state index contributed by atoms with van der Waals surface area (Å²) in [6.07, 6.45) is 0. The highest BCUT2D eigenvalue weighted by molar-refractivity contribution is 7.99. The lowest BCUT2D eigenvalue weighted by atomic mass is 10.0. The minimum absolute atomic E-state index is 0.0253. The Labute approximate surface area is 186 Å². The Balaban J connectivity index is 1.48. The first-order valence-electron chi connectivity index (χ1n) is 10.4. The van der Waals surface area contributed by atoms with Crippen molar-refractivity contribution < 1.29 is 9.59 Å². The molecule has 0 aliphatic carbocycles. The zero-order chi connectivity index (χ0) is 21.8. The first kappa shape index (κ1) is 21.0. The van der Waals surface area contributed by atoms with E-state index in [2.05, 4.69) is 29.7 Å². The van der Waals surface area contributed by atoms with Crippen molar-refractivity contribution >= 4 is 35.1 Å². The van der Waals surface area contributed by atoms with Crippen LogP contribution in [0.4, 0.5) is 16.2 Å². The summed E-state index contributed by atoms with van der Waals surface area (Å²) in [6, 6.07) is 23.2. The third-order valence-corrected chi connectivity index (χ3v) is 6.48. The molecular formula is C25H25N3O2S. The summed E-state index contributed by atoms with van der Waals surface area (Å²) >= 11 is 1.57. The molecule has 3 aromatic carbocycles. The van der Waals surface area contributed by atoms with Crippen molar-refractivity contribution in [1.29, 1.82) is 0 Å². The maximum Gasteiger partial charge on any atom is 0.319 e. The molecule has 0 bridgehead atoms. The van der Waals surface area contributed by atoms with Crippen molar-refractivity contribution in [2.75, 3.05) is 23.3 Å². The summed E-state index contributed by atoms with van der Waals surface area (Å²) in [6.45, 7) is 5.12. The quantitative estimate of drug-likeness (QED) is 0.541. The van der Waals surface area contributed by atoms with E-state index in [0.29, 0.717) is 24.3 Å². The van der Waals surface area contributed by atoms with Crippen LogP contribution in [0.15, 0.2) is 82.6 Å². The maximum absolute atomic E-state index is 13.1. The number of nitrogens with zero attached hydrogens (tertiary/aromatic N) is 1. The van der Waals surface area contributed by atoms with E-state index >= 15 is 0 Å². The number of fused-ring (bicyclic) bond motifs is 2. The van der Waals surface area contributed by atoms with Crippen molar-refractivity contribution in [3.8, 4) is 0 Å². The highest BCUT2D eigenvalue weighted by Crippen LogP contribution is 2.42. The van der Waals surface area contributed by atoms with Gasteiger partial charge in [0.2, 0.25) is 0 Å². The predicted octanol–water partition coefficient (Wildman–Crippen LogP) is 5.74. The Bertz CT molecular complexity index is 1100. The molecule has 0 spiro atoms. The largest absolute Gasteiger partial charge is 0.337 e. The molecule has 2 N–H and O–H groups in total. The Kier molecular flexibility index (Phi) is 6.28. The zero-order valence-corrected chi connectivity index (χ0v) is 18.4. The molecule has 3 aromatic rings. The number of anilines is 2. The van der Waals surface area contributed by atoms with Gasteiger partial charge in [0.05, 0.1) is 11.3 Å². The third kappa shape index (κ3) is 4.59. The average molecular weight is 432 g/mol.